The van der Waals surface area contributed by atoms with Crippen molar-refractivity contribution in [1.29, 1.82) is 0 Å². The molecule has 0 saturated heterocycles. The number of amides is 1. The van der Waals surface area contributed by atoms with Crippen LogP contribution in [-0.4, -0.2) is 47.4 Å². The van der Waals surface area contributed by atoms with Gasteiger partial charge in [-0.05, 0) is 83.5 Å². The first-order valence-corrected chi connectivity index (χ1v) is 30.7. The third kappa shape index (κ3) is 55.2. The lowest BCUT2D eigenvalue weighted by Gasteiger charge is -2.22. The summed E-state index contributed by atoms with van der Waals surface area (Å²) in [6, 6.07) is -0.549. The maximum Gasteiger partial charge on any atom is 0.305 e. The third-order valence-electron chi connectivity index (χ3n) is 14.2. The van der Waals surface area contributed by atoms with Crippen molar-refractivity contribution in [2.75, 3.05) is 13.2 Å². The highest BCUT2D eigenvalue weighted by Gasteiger charge is 2.20. The summed E-state index contributed by atoms with van der Waals surface area (Å²) in [6.45, 7) is 4.94. The fourth-order valence-electron chi connectivity index (χ4n) is 9.43. The van der Waals surface area contributed by atoms with Gasteiger partial charge in [-0.2, -0.15) is 0 Å². The van der Waals surface area contributed by atoms with Crippen molar-refractivity contribution in [2.45, 2.75) is 341 Å². The topological polar surface area (TPSA) is 95.9 Å². The van der Waals surface area contributed by atoms with Crippen molar-refractivity contribution in [3.8, 4) is 0 Å². The summed E-state index contributed by atoms with van der Waals surface area (Å²) >= 11 is 0. The van der Waals surface area contributed by atoms with Crippen LogP contribution >= 0.6 is 0 Å². The Kier molecular flexibility index (Phi) is 57.0. The number of aliphatic hydroxyl groups excluding tert-OH is 2. The van der Waals surface area contributed by atoms with E-state index in [1.54, 1.807) is 0 Å². The number of hydrogen-bond acceptors (Lipinski definition) is 5. The highest BCUT2D eigenvalue weighted by molar-refractivity contribution is 5.76. The van der Waals surface area contributed by atoms with Gasteiger partial charge in [-0.25, -0.2) is 0 Å². The molecular weight excluding hydrogens is 851 g/mol. The maximum atomic E-state index is 12.5. The van der Waals surface area contributed by atoms with Gasteiger partial charge < -0.3 is 20.3 Å². The fourth-order valence-corrected chi connectivity index (χ4v) is 9.43. The van der Waals surface area contributed by atoms with Crippen LogP contribution in [0.2, 0.25) is 0 Å². The van der Waals surface area contributed by atoms with Crippen molar-refractivity contribution in [3.63, 3.8) is 0 Å². The Labute approximate surface area is 430 Å². The summed E-state index contributed by atoms with van der Waals surface area (Å²) in [5.41, 5.74) is 0. The van der Waals surface area contributed by atoms with E-state index in [0.717, 1.165) is 57.8 Å². The van der Waals surface area contributed by atoms with E-state index in [1.807, 2.05) is 0 Å². The van der Waals surface area contributed by atoms with Crippen LogP contribution in [0, 0.1) is 0 Å². The lowest BCUT2D eigenvalue weighted by molar-refractivity contribution is -0.143. The molecule has 0 aliphatic carbocycles. The SMILES string of the molecule is CCCCCCC/C=C\CCCCCCCC(=O)OCCCCCCCCCCC/C=C\C/C=C\CCCCCCCCCC(=O)NC(CO)C(O)CCCCCCCCCCCCCCCCC. The second-order valence-electron chi connectivity index (χ2n) is 21.0. The van der Waals surface area contributed by atoms with E-state index < -0.39 is 12.1 Å². The second kappa shape index (κ2) is 58.6. The number of ether oxygens (including phenoxy) is 1. The lowest BCUT2D eigenvalue weighted by atomic mass is 10.0. The molecule has 0 radical (unpaired) electrons. The van der Waals surface area contributed by atoms with Crippen LogP contribution in [0.4, 0.5) is 0 Å². The molecule has 0 aliphatic heterocycles. The summed E-state index contributed by atoms with van der Waals surface area (Å²) in [5.74, 6) is -0.0458. The van der Waals surface area contributed by atoms with Crippen LogP contribution in [0.1, 0.15) is 328 Å². The number of allylic oxidation sites excluding steroid dienone is 6. The molecule has 6 heteroatoms. The van der Waals surface area contributed by atoms with E-state index in [2.05, 4.69) is 55.6 Å². The normalized spacial score (nSPS) is 12.8. The fraction of sp³-hybridized carbons (Fsp3) is 0.873. The number of carbonyl (C=O) groups excluding carboxylic acids is 2. The van der Waals surface area contributed by atoms with E-state index in [-0.39, 0.29) is 18.5 Å². The van der Waals surface area contributed by atoms with E-state index in [9.17, 15) is 19.8 Å². The van der Waals surface area contributed by atoms with Crippen molar-refractivity contribution >= 4 is 11.9 Å². The standard InChI is InChI=1S/C63H119NO5/c1-3-5-7-9-11-13-15-17-28-31-35-39-43-47-51-55-61(66)60(59-65)64-62(67)56-52-48-44-40-36-32-29-26-24-22-20-19-21-23-25-27-30-34-38-42-46-50-54-58-69-63(68)57-53-49-45-41-37-33-18-16-14-12-10-8-6-4-2/h16,18-19,21-22,24,60-61,65-66H,3-15,17,20,23,25-59H2,1-2H3,(H,64,67)/b18-16-,21-19-,24-22-. The van der Waals surface area contributed by atoms with Crippen molar-refractivity contribution in [3.05, 3.63) is 36.5 Å². The molecule has 0 aromatic carbocycles. The predicted molar refractivity (Wildman–Crippen MR) is 301 cm³/mol. The van der Waals surface area contributed by atoms with E-state index >= 15 is 0 Å². The Hall–Kier alpha value is -1.92. The van der Waals surface area contributed by atoms with Crippen molar-refractivity contribution in [1.82, 2.24) is 5.32 Å². The molecule has 6 nitrogen and oxygen atoms in total. The molecule has 0 aromatic rings. The molecule has 0 spiro atoms. The molecule has 0 fully saturated rings. The van der Waals surface area contributed by atoms with E-state index in [0.29, 0.717) is 25.9 Å². The van der Waals surface area contributed by atoms with Crippen molar-refractivity contribution in [2.24, 2.45) is 0 Å². The van der Waals surface area contributed by atoms with Gasteiger partial charge in [0.25, 0.3) is 0 Å². The quantitative estimate of drug-likeness (QED) is 0.0321. The molecule has 2 unspecified atom stereocenters. The third-order valence-corrected chi connectivity index (χ3v) is 14.2. The molecule has 0 heterocycles. The van der Waals surface area contributed by atoms with E-state index in [4.69, 9.17) is 4.74 Å². The summed E-state index contributed by atoms with van der Waals surface area (Å²) < 4.78 is 5.47. The molecule has 406 valence electrons. The first-order chi connectivity index (χ1) is 34.0. The predicted octanol–water partition coefficient (Wildman–Crippen LogP) is 19.2. The van der Waals surface area contributed by atoms with Crippen LogP contribution in [0.15, 0.2) is 36.5 Å². The second-order valence-corrected chi connectivity index (χ2v) is 21.0. The molecule has 69 heavy (non-hydrogen) atoms. The zero-order chi connectivity index (χ0) is 50.0. The Morgan fingerprint density at radius 1 is 0.406 bits per heavy atom. The van der Waals surface area contributed by atoms with Gasteiger partial charge in [0.05, 0.1) is 25.4 Å². The highest BCUT2D eigenvalue weighted by Crippen LogP contribution is 2.17. The Morgan fingerprint density at radius 2 is 0.725 bits per heavy atom. The highest BCUT2D eigenvalue weighted by atomic mass is 16.5. The van der Waals surface area contributed by atoms with Gasteiger partial charge >= 0.3 is 5.97 Å². The van der Waals surface area contributed by atoms with Gasteiger partial charge in [0.1, 0.15) is 0 Å². The van der Waals surface area contributed by atoms with Crippen LogP contribution in [0.3, 0.4) is 0 Å². The Balaban J connectivity index is 3.45. The number of carbonyl (C=O) groups is 2. The average Bonchev–Trinajstić information content (AvgIpc) is 3.35. The Morgan fingerprint density at radius 3 is 1.12 bits per heavy atom. The number of esters is 1. The Bertz CT molecular complexity index is 1120. The van der Waals surface area contributed by atoms with Crippen LogP contribution < -0.4 is 5.32 Å². The zero-order valence-electron chi connectivity index (χ0n) is 46.3. The van der Waals surface area contributed by atoms with Gasteiger partial charge in [0.15, 0.2) is 0 Å². The molecule has 3 N–H and O–H groups in total. The molecule has 0 aliphatic rings. The van der Waals surface area contributed by atoms with Gasteiger partial charge in [0, 0.05) is 12.8 Å². The molecule has 0 aromatic heterocycles. The number of aliphatic hydroxyl groups is 2. The first kappa shape index (κ1) is 67.1. The minimum atomic E-state index is -0.671. The van der Waals surface area contributed by atoms with Gasteiger partial charge in [-0.15, -0.1) is 0 Å². The van der Waals surface area contributed by atoms with Gasteiger partial charge in [-0.1, -0.05) is 269 Å². The van der Waals surface area contributed by atoms with Gasteiger partial charge in [0.2, 0.25) is 5.91 Å². The number of nitrogens with one attached hydrogen (secondary N) is 1. The molecule has 0 saturated carbocycles. The summed E-state index contributed by atoms with van der Waals surface area (Å²) in [6.07, 6.45) is 72.9. The van der Waals surface area contributed by atoms with Crippen LogP contribution in [0.25, 0.3) is 0 Å². The summed E-state index contributed by atoms with van der Waals surface area (Å²) in [4.78, 5) is 24.5. The number of unbranched alkanes of at least 4 members (excludes halogenated alkanes) is 40. The molecule has 0 bridgehead atoms. The number of hydrogen-bond donors (Lipinski definition) is 3. The summed E-state index contributed by atoms with van der Waals surface area (Å²) in [5, 5.41) is 23.3. The minimum absolute atomic E-state index is 0.00149. The number of rotatable bonds is 57. The summed E-state index contributed by atoms with van der Waals surface area (Å²) in [7, 11) is 0. The monoisotopic (exact) mass is 970 g/mol. The lowest BCUT2D eigenvalue weighted by Crippen LogP contribution is -2.45. The zero-order valence-corrected chi connectivity index (χ0v) is 46.3. The average molecular weight is 971 g/mol. The molecular formula is C63H119NO5. The van der Waals surface area contributed by atoms with Crippen LogP contribution in [0.5, 0.6) is 0 Å². The minimum Gasteiger partial charge on any atom is -0.466 e. The smallest absolute Gasteiger partial charge is 0.305 e. The van der Waals surface area contributed by atoms with Crippen LogP contribution in [-0.2, 0) is 14.3 Å². The largest absolute Gasteiger partial charge is 0.466 e. The molecule has 0 rings (SSSR count). The maximum absolute atomic E-state index is 12.5. The molecule has 2 atom stereocenters. The van der Waals surface area contributed by atoms with Crippen molar-refractivity contribution < 1.29 is 24.5 Å². The first-order valence-electron chi connectivity index (χ1n) is 30.7. The molecule has 1 amide bonds. The van der Waals surface area contributed by atoms with Gasteiger partial charge in [-0.3, -0.25) is 9.59 Å². The van der Waals surface area contributed by atoms with E-state index in [1.165, 1.54) is 238 Å².